The summed E-state index contributed by atoms with van der Waals surface area (Å²) in [6, 6.07) is 7.66. The van der Waals surface area contributed by atoms with Gasteiger partial charge < -0.3 is 5.32 Å². The number of nitrogens with one attached hydrogen (secondary N) is 2. The number of rotatable bonds is 4. The number of ketones is 1. The number of allylic oxidation sites excluding steroid dienone is 4. The summed E-state index contributed by atoms with van der Waals surface area (Å²) in [4.78, 5) is 33.4. The third kappa shape index (κ3) is 4.56. The van der Waals surface area contributed by atoms with Crippen molar-refractivity contribution in [2.75, 3.05) is 11.9 Å². The Kier molecular flexibility index (Phi) is 5.95. The zero-order valence-corrected chi connectivity index (χ0v) is 18.5. The molecular formula is C24H24N4O2S. The number of thiazole rings is 1. The number of aromatic nitrogens is 2. The highest BCUT2D eigenvalue weighted by molar-refractivity contribution is 7.22. The van der Waals surface area contributed by atoms with Crippen molar-refractivity contribution in [2.24, 2.45) is 5.92 Å². The van der Waals surface area contributed by atoms with Crippen molar-refractivity contribution in [3.8, 4) is 11.1 Å². The second kappa shape index (κ2) is 8.81. The third-order valence-electron chi connectivity index (χ3n) is 5.17. The monoisotopic (exact) mass is 432 g/mol. The van der Waals surface area contributed by atoms with E-state index in [1.54, 1.807) is 12.3 Å². The lowest BCUT2D eigenvalue weighted by Gasteiger charge is -2.08. The molecule has 0 bridgehead atoms. The Bertz CT molecular complexity index is 1210. The standard InChI is InChI=1S/C24H24N4O2S/c1-4-26-23(30)28-24-27-20-11-18(17-9-14(2)8-15(3)21(29)12-17)10-19(22(20)31-24)16-6-5-7-25-13-16/h5-7,9-13,15H,4,8H2,1-3H3,(H2,26,27,28,30). The lowest BCUT2D eigenvalue weighted by molar-refractivity contribution is -0.117. The van der Waals surface area contributed by atoms with Crippen LogP contribution in [0, 0.1) is 5.92 Å². The summed E-state index contributed by atoms with van der Waals surface area (Å²) in [7, 11) is 0. The average molecular weight is 433 g/mol. The normalized spacial score (nSPS) is 16.5. The Morgan fingerprint density at radius 2 is 2.10 bits per heavy atom. The highest BCUT2D eigenvalue weighted by Crippen LogP contribution is 2.38. The second-order valence-corrected chi connectivity index (χ2v) is 8.71. The number of hydrogen-bond acceptors (Lipinski definition) is 5. The minimum absolute atomic E-state index is 0.0255. The topological polar surface area (TPSA) is 84.0 Å². The van der Waals surface area contributed by atoms with Crippen LogP contribution in [0.5, 0.6) is 0 Å². The molecule has 0 aliphatic heterocycles. The SMILES string of the molecule is CCNC(=O)Nc1nc2cc(C3=CC(=O)C(C)CC(C)=C3)cc(-c3cccnc3)c2s1. The van der Waals surface area contributed by atoms with Crippen molar-refractivity contribution < 1.29 is 9.59 Å². The minimum atomic E-state index is -0.283. The van der Waals surface area contributed by atoms with Crippen LogP contribution < -0.4 is 10.6 Å². The van der Waals surface area contributed by atoms with E-state index >= 15 is 0 Å². The molecule has 2 heterocycles. The summed E-state index contributed by atoms with van der Waals surface area (Å²) in [5, 5.41) is 6.04. The lowest BCUT2D eigenvalue weighted by atomic mass is 9.97. The number of benzene rings is 1. The molecule has 1 aromatic carbocycles. The molecule has 2 aromatic heterocycles. The Balaban J connectivity index is 1.87. The van der Waals surface area contributed by atoms with Gasteiger partial charge in [-0.2, -0.15) is 0 Å². The van der Waals surface area contributed by atoms with Crippen molar-refractivity contribution in [3.63, 3.8) is 0 Å². The number of anilines is 1. The van der Waals surface area contributed by atoms with Crippen LogP contribution >= 0.6 is 11.3 Å². The van der Waals surface area contributed by atoms with Gasteiger partial charge in [-0.05, 0) is 55.7 Å². The van der Waals surface area contributed by atoms with Gasteiger partial charge in [0.15, 0.2) is 10.9 Å². The quantitative estimate of drug-likeness (QED) is 0.575. The molecule has 4 rings (SSSR count). The molecule has 1 aliphatic carbocycles. The molecule has 3 aromatic rings. The number of amides is 2. The van der Waals surface area contributed by atoms with E-state index in [2.05, 4.69) is 39.7 Å². The molecule has 158 valence electrons. The van der Waals surface area contributed by atoms with E-state index in [0.29, 0.717) is 11.7 Å². The molecule has 0 spiro atoms. The van der Waals surface area contributed by atoms with Crippen LogP contribution in [0.2, 0.25) is 0 Å². The predicted molar refractivity (Wildman–Crippen MR) is 126 cm³/mol. The Hall–Kier alpha value is -3.32. The minimum Gasteiger partial charge on any atom is -0.338 e. The highest BCUT2D eigenvalue weighted by atomic mass is 32.1. The van der Waals surface area contributed by atoms with Crippen molar-refractivity contribution >= 4 is 44.1 Å². The van der Waals surface area contributed by atoms with Gasteiger partial charge in [0.05, 0.1) is 10.2 Å². The number of hydrogen-bond donors (Lipinski definition) is 2. The van der Waals surface area contributed by atoms with Crippen molar-refractivity contribution in [3.05, 3.63) is 59.9 Å². The van der Waals surface area contributed by atoms with Crippen LogP contribution in [0.1, 0.15) is 32.8 Å². The molecule has 0 saturated heterocycles. The smallest absolute Gasteiger partial charge is 0.321 e. The fraction of sp³-hybridized carbons (Fsp3) is 0.250. The van der Waals surface area contributed by atoms with Crippen LogP contribution in [0.4, 0.5) is 9.93 Å². The molecular weight excluding hydrogens is 408 g/mol. The molecule has 2 amide bonds. The van der Waals surface area contributed by atoms with Crippen LogP contribution in [0.15, 0.2) is 54.4 Å². The summed E-state index contributed by atoms with van der Waals surface area (Å²) >= 11 is 1.42. The first kappa shape index (κ1) is 20.9. The molecule has 1 unspecified atom stereocenters. The van der Waals surface area contributed by atoms with Gasteiger partial charge in [-0.1, -0.05) is 36.0 Å². The second-order valence-electron chi connectivity index (χ2n) is 7.72. The van der Waals surface area contributed by atoms with E-state index in [1.165, 1.54) is 16.9 Å². The van der Waals surface area contributed by atoms with Gasteiger partial charge >= 0.3 is 6.03 Å². The van der Waals surface area contributed by atoms with Gasteiger partial charge in [0.1, 0.15) is 0 Å². The summed E-state index contributed by atoms with van der Waals surface area (Å²) < 4.78 is 0.957. The molecule has 31 heavy (non-hydrogen) atoms. The number of pyridine rings is 1. The summed E-state index contributed by atoms with van der Waals surface area (Å²) in [6.45, 7) is 6.42. The molecule has 0 radical (unpaired) electrons. The largest absolute Gasteiger partial charge is 0.338 e. The van der Waals surface area contributed by atoms with Gasteiger partial charge in [0.25, 0.3) is 0 Å². The van der Waals surface area contributed by atoms with E-state index in [9.17, 15) is 9.59 Å². The van der Waals surface area contributed by atoms with Gasteiger partial charge in [0, 0.05) is 36.0 Å². The zero-order chi connectivity index (χ0) is 22.0. The highest BCUT2D eigenvalue weighted by Gasteiger charge is 2.19. The zero-order valence-electron chi connectivity index (χ0n) is 17.7. The first-order chi connectivity index (χ1) is 14.9. The van der Waals surface area contributed by atoms with Crippen molar-refractivity contribution in [1.29, 1.82) is 0 Å². The van der Waals surface area contributed by atoms with E-state index < -0.39 is 0 Å². The van der Waals surface area contributed by atoms with Crippen molar-refractivity contribution in [1.82, 2.24) is 15.3 Å². The Morgan fingerprint density at radius 3 is 2.84 bits per heavy atom. The maximum absolute atomic E-state index is 12.6. The molecule has 1 atom stereocenters. The molecule has 2 N–H and O–H groups in total. The van der Waals surface area contributed by atoms with Gasteiger partial charge in [-0.3, -0.25) is 15.1 Å². The summed E-state index contributed by atoms with van der Waals surface area (Å²) in [6.07, 6.45) is 8.11. The lowest BCUT2D eigenvalue weighted by Crippen LogP contribution is -2.28. The van der Waals surface area contributed by atoms with E-state index in [1.807, 2.05) is 38.2 Å². The molecule has 7 heteroatoms. The molecule has 6 nitrogen and oxygen atoms in total. The van der Waals surface area contributed by atoms with Crippen LogP contribution in [-0.2, 0) is 4.79 Å². The van der Waals surface area contributed by atoms with Crippen LogP contribution in [0.3, 0.4) is 0 Å². The molecule has 0 saturated carbocycles. The van der Waals surface area contributed by atoms with Gasteiger partial charge in [0.2, 0.25) is 0 Å². The van der Waals surface area contributed by atoms with E-state index in [4.69, 9.17) is 0 Å². The molecule has 0 fully saturated rings. The van der Waals surface area contributed by atoms with E-state index in [-0.39, 0.29) is 17.7 Å². The number of carbonyl (C=O) groups excluding carboxylic acids is 2. The fourth-order valence-electron chi connectivity index (χ4n) is 3.70. The third-order valence-corrected chi connectivity index (χ3v) is 6.19. The van der Waals surface area contributed by atoms with Crippen LogP contribution in [0.25, 0.3) is 26.9 Å². The average Bonchev–Trinajstić information content (AvgIpc) is 3.09. The maximum atomic E-state index is 12.6. The number of fused-ring (bicyclic) bond motifs is 1. The predicted octanol–water partition coefficient (Wildman–Crippen LogP) is 5.44. The number of urea groups is 1. The summed E-state index contributed by atoms with van der Waals surface area (Å²) in [5.74, 6) is 0.102. The van der Waals surface area contributed by atoms with Gasteiger partial charge in [-0.25, -0.2) is 9.78 Å². The first-order valence-electron chi connectivity index (χ1n) is 10.3. The Morgan fingerprint density at radius 1 is 1.26 bits per heavy atom. The maximum Gasteiger partial charge on any atom is 0.321 e. The van der Waals surface area contributed by atoms with Crippen molar-refractivity contribution in [2.45, 2.75) is 27.2 Å². The van der Waals surface area contributed by atoms with Crippen LogP contribution in [-0.4, -0.2) is 28.3 Å². The summed E-state index contributed by atoms with van der Waals surface area (Å²) in [5.41, 5.74) is 5.67. The van der Waals surface area contributed by atoms with Gasteiger partial charge in [-0.15, -0.1) is 0 Å². The number of nitrogens with zero attached hydrogens (tertiary/aromatic N) is 2. The Labute approximate surface area is 185 Å². The molecule has 1 aliphatic rings. The first-order valence-corrected chi connectivity index (χ1v) is 11.1. The fourth-order valence-corrected chi connectivity index (χ4v) is 4.68. The number of carbonyl (C=O) groups is 2. The van der Waals surface area contributed by atoms with E-state index in [0.717, 1.165) is 38.9 Å².